The van der Waals surface area contributed by atoms with Crippen LogP contribution in [0.2, 0.25) is 0 Å². The Morgan fingerprint density at radius 1 is 1.18 bits per heavy atom. The quantitative estimate of drug-likeness (QED) is 0.737. The molecule has 0 spiro atoms. The molecule has 0 aliphatic carbocycles. The number of likely N-dealkylation sites (N-methyl/N-ethyl adjacent to an activating group) is 3. The van der Waals surface area contributed by atoms with E-state index in [2.05, 4.69) is 66.0 Å². The third kappa shape index (κ3) is 2.37. The van der Waals surface area contributed by atoms with Crippen molar-refractivity contribution in [3.05, 3.63) is 24.3 Å². The fraction of sp³-hybridized carbons (Fsp3) is 0.538. The fourth-order valence-corrected chi connectivity index (χ4v) is 2.37. The van der Waals surface area contributed by atoms with Gasteiger partial charge in [-0.05, 0) is 25.2 Å². The SMILES string of the molecule is CCNC1Nc2ccccc2N(C)C1NCC. The molecule has 17 heavy (non-hydrogen) atoms. The normalized spacial score (nSPS) is 23.1. The number of hydrogen-bond donors (Lipinski definition) is 3. The highest BCUT2D eigenvalue weighted by Gasteiger charge is 2.30. The van der Waals surface area contributed by atoms with Crippen molar-refractivity contribution in [2.45, 2.75) is 26.2 Å². The number of fused-ring (bicyclic) bond motifs is 1. The van der Waals surface area contributed by atoms with E-state index < -0.39 is 0 Å². The second-order valence-corrected chi connectivity index (χ2v) is 4.31. The number of anilines is 2. The first-order valence-corrected chi connectivity index (χ1v) is 6.33. The van der Waals surface area contributed by atoms with Crippen LogP contribution >= 0.6 is 0 Å². The third-order valence-electron chi connectivity index (χ3n) is 3.17. The summed E-state index contributed by atoms with van der Waals surface area (Å²) >= 11 is 0. The van der Waals surface area contributed by atoms with Crippen molar-refractivity contribution in [1.82, 2.24) is 10.6 Å². The molecule has 0 bridgehead atoms. The van der Waals surface area contributed by atoms with Gasteiger partial charge in [0.2, 0.25) is 0 Å². The average Bonchev–Trinajstić information content (AvgIpc) is 2.34. The van der Waals surface area contributed by atoms with Crippen molar-refractivity contribution in [2.75, 3.05) is 30.4 Å². The third-order valence-corrected chi connectivity index (χ3v) is 3.17. The zero-order valence-electron chi connectivity index (χ0n) is 10.8. The smallest absolute Gasteiger partial charge is 0.114 e. The van der Waals surface area contributed by atoms with Gasteiger partial charge in [0.25, 0.3) is 0 Å². The molecule has 1 aliphatic heterocycles. The number of benzene rings is 1. The van der Waals surface area contributed by atoms with E-state index >= 15 is 0 Å². The Hall–Kier alpha value is -1.26. The van der Waals surface area contributed by atoms with Gasteiger partial charge in [0.1, 0.15) is 12.3 Å². The summed E-state index contributed by atoms with van der Waals surface area (Å²) in [6.45, 7) is 6.18. The van der Waals surface area contributed by atoms with E-state index in [1.54, 1.807) is 0 Å². The Morgan fingerprint density at radius 3 is 2.59 bits per heavy atom. The standard InChI is InChI=1S/C13H22N4/c1-4-14-12-13(15-5-2)17(3)11-9-7-6-8-10(11)16-12/h6-9,12-16H,4-5H2,1-3H3. The van der Waals surface area contributed by atoms with Crippen LogP contribution < -0.4 is 20.9 Å². The molecule has 94 valence electrons. The van der Waals surface area contributed by atoms with Gasteiger partial charge < -0.3 is 10.2 Å². The van der Waals surface area contributed by atoms with Gasteiger partial charge in [-0.3, -0.25) is 10.6 Å². The summed E-state index contributed by atoms with van der Waals surface area (Å²) in [6.07, 6.45) is 0.509. The molecule has 1 aromatic carbocycles. The van der Waals surface area contributed by atoms with Crippen molar-refractivity contribution < 1.29 is 0 Å². The molecule has 0 saturated heterocycles. The molecule has 3 N–H and O–H groups in total. The number of hydrogen-bond acceptors (Lipinski definition) is 4. The van der Waals surface area contributed by atoms with E-state index in [1.165, 1.54) is 11.4 Å². The number of para-hydroxylation sites is 2. The molecule has 2 unspecified atom stereocenters. The zero-order chi connectivity index (χ0) is 12.3. The first kappa shape index (κ1) is 12.2. The van der Waals surface area contributed by atoms with Gasteiger partial charge in [0, 0.05) is 7.05 Å². The van der Waals surface area contributed by atoms with Crippen molar-refractivity contribution in [3.63, 3.8) is 0 Å². The molecule has 0 radical (unpaired) electrons. The second-order valence-electron chi connectivity index (χ2n) is 4.31. The largest absolute Gasteiger partial charge is 0.365 e. The number of nitrogens with zero attached hydrogens (tertiary/aromatic N) is 1. The van der Waals surface area contributed by atoms with Crippen LogP contribution in [0.3, 0.4) is 0 Å². The van der Waals surface area contributed by atoms with Crippen LogP contribution in [-0.2, 0) is 0 Å². The Labute approximate surface area is 103 Å². The summed E-state index contributed by atoms with van der Waals surface area (Å²) in [7, 11) is 2.14. The first-order chi connectivity index (χ1) is 8.27. The van der Waals surface area contributed by atoms with Crippen molar-refractivity contribution in [3.8, 4) is 0 Å². The molecule has 4 heteroatoms. The summed E-state index contributed by atoms with van der Waals surface area (Å²) < 4.78 is 0. The fourth-order valence-electron chi connectivity index (χ4n) is 2.37. The minimum Gasteiger partial charge on any atom is -0.365 e. The lowest BCUT2D eigenvalue weighted by atomic mass is 10.1. The first-order valence-electron chi connectivity index (χ1n) is 6.33. The van der Waals surface area contributed by atoms with Crippen LogP contribution in [-0.4, -0.2) is 32.5 Å². The summed E-state index contributed by atoms with van der Waals surface area (Å²) in [5.41, 5.74) is 2.43. The van der Waals surface area contributed by atoms with E-state index in [9.17, 15) is 0 Å². The van der Waals surface area contributed by atoms with Gasteiger partial charge in [0.15, 0.2) is 0 Å². The van der Waals surface area contributed by atoms with Gasteiger partial charge in [-0.25, -0.2) is 0 Å². The van der Waals surface area contributed by atoms with Crippen LogP contribution in [0.1, 0.15) is 13.8 Å². The topological polar surface area (TPSA) is 39.3 Å². The maximum absolute atomic E-state index is 3.55. The van der Waals surface area contributed by atoms with Crippen molar-refractivity contribution in [2.24, 2.45) is 0 Å². The monoisotopic (exact) mass is 234 g/mol. The van der Waals surface area contributed by atoms with Gasteiger partial charge in [-0.1, -0.05) is 26.0 Å². The number of rotatable bonds is 4. The van der Waals surface area contributed by atoms with Gasteiger partial charge in [0.05, 0.1) is 11.4 Å². The van der Waals surface area contributed by atoms with E-state index in [0.717, 1.165) is 13.1 Å². The molecule has 1 aliphatic rings. The molecular weight excluding hydrogens is 212 g/mol. The second kappa shape index (κ2) is 5.38. The lowest BCUT2D eigenvalue weighted by Crippen LogP contribution is -2.62. The van der Waals surface area contributed by atoms with E-state index in [-0.39, 0.29) is 12.3 Å². The van der Waals surface area contributed by atoms with Crippen molar-refractivity contribution >= 4 is 11.4 Å². The molecule has 0 aromatic heterocycles. The van der Waals surface area contributed by atoms with E-state index in [0.29, 0.717) is 0 Å². The predicted molar refractivity (Wildman–Crippen MR) is 73.4 cm³/mol. The molecular formula is C13H22N4. The van der Waals surface area contributed by atoms with Crippen LogP contribution in [0.4, 0.5) is 11.4 Å². The maximum Gasteiger partial charge on any atom is 0.114 e. The Bertz CT molecular complexity index is 366. The Kier molecular flexibility index (Phi) is 3.86. The molecule has 1 aromatic rings. The molecule has 0 fully saturated rings. The molecule has 4 nitrogen and oxygen atoms in total. The molecule has 1 heterocycles. The summed E-state index contributed by atoms with van der Waals surface area (Å²) in [4.78, 5) is 2.29. The van der Waals surface area contributed by atoms with E-state index in [1.807, 2.05) is 0 Å². The molecule has 0 saturated carbocycles. The lowest BCUT2D eigenvalue weighted by molar-refractivity contribution is 0.395. The zero-order valence-corrected chi connectivity index (χ0v) is 10.8. The van der Waals surface area contributed by atoms with Gasteiger partial charge in [-0.15, -0.1) is 0 Å². The Balaban J connectivity index is 2.26. The molecule has 2 rings (SSSR count). The van der Waals surface area contributed by atoms with Crippen LogP contribution in [0, 0.1) is 0 Å². The summed E-state index contributed by atoms with van der Waals surface area (Å²) in [6, 6.07) is 8.41. The minimum absolute atomic E-state index is 0.236. The van der Waals surface area contributed by atoms with Crippen LogP contribution in [0.15, 0.2) is 24.3 Å². The van der Waals surface area contributed by atoms with Crippen molar-refractivity contribution in [1.29, 1.82) is 0 Å². The highest BCUT2D eigenvalue weighted by Crippen LogP contribution is 2.30. The van der Waals surface area contributed by atoms with Gasteiger partial charge >= 0.3 is 0 Å². The average molecular weight is 234 g/mol. The van der Waals surface area contributed by atoms with Crippen LogP contribution in [0.25, 0.3) is 0 Å². The Morgan fingerprint density at radius 2 is 1.88 bits per heavy atom. The lowest BCUT2D eigenvalue weighted by Gasteiger charge is -2.43. The molecule has 2 atom stereocenters. The highest BCUT2D eigenvalue weighted by atomic mass is 15.4. The molecule has 0 amide bonds. The highest BCUT2D eigenvalue weighted by molar-refractivity contribution is 5.72. The summed E-state index contributed by atoms with van der Waals surface area (Å²) in [5, 5.41) is 10.5. The summed E-state index contributed by atoms with van der Waals surface area (Å²) in [5.74, 6) is 0. The van der Waals surface area contributed by atoms with Crippen LogP contribution in [0.5, 0.6) is 0 Å². The predicted octanol–water partition coefficient (Wildman–Crippen LogP) is 1.42. The minimum atomic E-state index is 0.236. The van der Waals surface area contributed by atoms with E-state index in [4.69, 9.17) is 0 Å². The maximum atomic E-state index is 3.55. The number of nitrogens with one attached hydrogen (secondary N) is 3. The van der Waals surface area contributed by atoms with Gasteiger partial charge in [-0.2, -0.15) is 0 Å².